The monoisotopic (exact) mass is 288 g/mol. The maximum Gasteiger partial charge on any atom is 0.222 e. The summed E-state index contributed by atoms with van der Waals surface area (Å²) in [4.78, 5) is 16.3. The highest BCUT2D eigenvalue weighted by Gasteiger charge is 2.16. The molecule has 1 saturated heterocycles. The van der Waals surface area contributed by atoms with Gasteiger partial charge in [-0.25, -0.2) is 4.98 Å². The van der Waals surface area contributed by atoms with Crippen LogP contribution in [-0.2, 0) is 16.0 Å². The third kappa shape index (κ3) is 3.80. The molecule has 0 spiro atoms. The molecule has 1 amide bonds. The molecule has 0 radical (unpaired) electrons. The van der Waals surface area contributed by atoms with Crippen LogP contribution in [0.2, 0.25) is 0 Å². The summed E-state index contributed by atoms with van der Waals surface area (Å²) >= 11 is 0. The van der Waals surface area contributed by atoms with Gasteiger partial charge in [-0.05, 0) is 12.1 Å². The molecule has 1 fully saturated rings. The number of pyridine rings is 1. The lowest BCUT2D eigenvalue weighted by molar-refractivity contribution is -0.124. The van der Waals surface area contributed by atoms with Gasteiger partial charge < -0.3 is 19.8 Å². The molecule has 0 aromatic carbocycles. The van der Waals surface area contributed by atoms with Gasteiger partial charge >= 0.3 is 0 Å². The predicted octanol–water partition coefficient (Wildman–Crippen LogP) is 0.372. The molecule has 0 aliphatic carbocycles. The Morgan fingerprint density at radius 3 is 3.29 bits per heavy atom. The molecule has 2 aromatic heterocycles. The molecule has 2 aromatic rings. The third-order valence-corrected chi connectivity index (χ3v) is 3.53. The molecule has 1 aliphatic heterocycles. The van der Waals surface area contributed by atoms with E-state index in [4.69, 9.17) is 4.74 Å². The maximum absolute atomic E-state index is 11.8. The second-order valence-corrected chi connectivity index (χ2v) is 5.20. The van der Waals surface area contributed by atoms with Gasteiger partial charge in [-0.2, -0.15) is 0 Å². The lowest BCUT2D eigenvalue weighted by atomic mass is 10.2. The average molecular weight is 288 g/mol. The highest BCUT2D eigenvalue weighted by atomic mass is 16.5. The molecule has 1 unspecified atom stereocenters. The summed E-state index contributed by atoms with van der Waals surface area (Å²) in [7, 11) is 0. The molecule has 3 rings (SSSR count). The van der Waals surface area contributed by atoms with Crippen LogP contribution in [0.3, 0.4) is 0 Å². The molecule has 1 aliphatic rings. The van der Waals surface area contributed by atoms with Crippen LogP contribution in [0.25, 0.3) is 5.65 Å². The zero-order chi connectivity index (χ0) is 14.5. The van der Waals surface area contributed by atoms with E-state index in [1.807, 2.05) is 35.0 Å². The highest BCUT2D eigenvalue weighted by Crippen LogP contribution is 2.05. The summed E-state index contributed by atoms with van der Waals surface area (Å²) in [6.45, 7) is 2.90. The molecule has 112 valence electrons. The highest BCUT2D eigenvalue weighted by molar-refractivity contribution is 5.76. The van der Waals surface area contributed by atoms with E-state index in [-0.39, 0.29) is 12.0 Å². The van der Waals surface area contributed by atoms with E-state index >= 15 is 0 Å². The number of ether oxygens (including phenoxy) is 1. The van der Waals surface area contributed by atoms with Gasteiger partial charge in [-0.1, -0.05) is 6.07 Å². The molecule has 6 heteroatoms. The summed E-state index contributed by atoms with van der Waals surface area (Å²) in [6, 6.07) is 5.90. The van der Waals surface area contributed by atoms with Crippen molar-refractivity contribution in [3.8, 4) is 0 Å². The van der Waals surface area contributed by atoms with Crippen molar-refractivity contribution < 1.29 is 9.53 Å². The third-order valence-electron chi connectivity index (χ3n) is 3.53. The Labute approximate surface area is 123 Å². The van der Waals surface area contributed by atoms with Gasteiger partial charge in [0.1, 0.15) is 5.65 Å². The smallest absolute Gasteiger partial charge is 0.222 e. The fourth-order valence-corrected chi connectivity index (χ4v) is 2.47. The number of nitrogens with zero attached hydrogens (tertiary/aromatic N) is 2. The molecule has 0 bridgehead atoms. The van der Waals surface area contributed by atoms with E-state index in [1.165, 1.54) is 0 Å². The number of hydrogen-bond donors (Lipinski definition) is 2. The minimum Gasteiger partial charge on any atom is -0.375 e. The Hall–Kier alpha value is -1.92. The van der Waals surface area contributed by atoms with Gasteiger partial charge in [-0.15, -0.1) is 0 Å². The van der Waals surface area contributed by atoms with E-state index in [0.29, 0.717) is 19.6 Å². The van der Waals surface area contributed by atoms with Gasteiger partial charge in [0.05, 0.1) is 24.8 Å². The molecule has 0 saturated carbocycles. The number of amides is 1. The van der Waals surface area contributed by atoms with Crippen molar-refractivity contribution in [1.29, 1.82) is 0 Å². The molecule has 6 nitrogen and oxygen atoms in total. The minimum atomic E-state index is -0.00561. The van der Waals surface area contributed by atoms with Gasteiger partial charge in [0.2, 0.25) is 5.91 Å². The summed E-state index contributed by atoms with van der Waals surface area (Å²) in [5.74, 6) is 0.0347. The summed E-state index contributed by atoms with van der Waals surface area (Å²) < 4.78 is 7.50. The zero-order valence-electron chi connectivity index (χ0n) is 11.9. The first-order chi connectivity index (χ1) is 10.3. The molecular formula is C15H20N4O2. The van der Waals surface area contributed by atoms with E-state index in [0.717, 1.165) is 30.9 Å². The first-order valence-corrected chi connectivity index (χ1v) is 7.33. The Kier molecular flexibility index (Phi) is 4.47. The molecule has 1 atom stereocenters. The Morgan fingerprint density at radius 1 is 1.52 bits per heavy atom. The summed E-state index contributed by atoms with van der Waals surface area (Å²) in [6.07, 6.45) is 5.11. The fraction of sp³-hybridized carbons (Fsp3) is 0.467. The van der Waals surface area contributed by atoms with Crippen LogP contribution < -0.4 is 10.6 Å². The van der Waals surface area contributed by atoms with Crippen LogP contribution in [-0.4, -0.2) is 47.6 Å². The van der Waals surface area contributed by atoms with E-state index in [1.54, 1.807) is 0 Å². The number of morpholine rings is 1. The second-order valence-electron chi connectivity index (χ2n) is 5.20. The predicted molar refractivity (Wildman–Crippen MR) is 79.1 cm³/mol. The zero-order valence-corrected chi connectivity index (χ0v) is 11.9. The van der Waals surface area contributed by atoms with Crippen LogP contribution >= 0.6 is 0 Å². The molecule has 3 heterocycles. The Bertz CT molecular complexity index is 571. The fourth-order valence-electron chi connectivity index (χ4n) is 2.47. The van der Waals surface area contributed by atoms with Crippen molar-refractivity contribution in [2.24, 2.45) is 0 Å². The van der Waals surface area contributed by atoms with Crippen molar-refractivity contribution in [3.05, 3.63) is 36.3 Å². The number of fused-ring (bicyclic) bond motifs is 1. The van der Waals surface area contributed by atoms with Crippen LogP contribution in [0.4, 0.5) is 0 Å². The lowest BCUT2D eigenvalue weighted by Crippen LogP contribution is -2.41. The van der Waals surface area contributed by atoms with Crippen LogP contribution in [0.1, 0.15) is 12.1 Å². The number of rotatable bonds is 5. The second kappa shape index (κ2) is 6.69. The first-order valence-electron chi connectivity index (χ1n) is 7.33. The number of imidazole rings is 1. The van der Waals surface area contributed by atoms with Gasteiger partial charge in [0.15, 0.2) is 0 Å². The average Bonchev–Trinajstić information content (AvgIpc) is 2.91. The van der Waals surface area contributed by atoms with Crippen LogP contribution in [0.15, 0.2) is 30.6 Å². The van der Waals surface area contributed by atoms with Crippen molar-refractivity contribution in [2.45, 2.75) is 18.9 Å². The normalized spacial score (nSPS) is 18.8. The van der Waals surface area contributed by atoms with Crippen molar-refractivity contribution in [1.82, 2.24) is 20.0 Å². The van der Waals surface area contributed by atoms with Gasteiger partial charge in [0.25, 0.3) is 0 Å². The van der Waals surface area contributed by atoms with Crippen molar-refractivity contribution in [2.75, 3.05) is 26.2 Å². The van der Waals surface area contributed by atoms with Crippen molar-refractivity contribution >= 4 is 11.6 Å². The number of carbonyl (C=O) groups is 1. The largest absolute Gasteiger partial charge is 0.375 e. The number of nitrogens with one attached hydrogen (secondary N) is 2. The molecular weight excluding hydrogens is 268 g/mol. The van der Waals surface area contributed by atoms with E-state index in [9.17, 15) is 4.79 Å². The number of aromatic nitrogens is 2. The Balaban J connectivity index is 1.43. The minimum absolute atomic E-state index is 0.00561. The Morgan fingerprint density at radius 2 is 2.48 bits per heavy atom. The van der Waals surface area contributed by atoms with E-state index in [2.05, 4.69) is 15.6 Å². The van der Waals surface area contributed by atoms with Crippen LogP contribution in [0.5, 0.6) is 0 Å². The van der Waals surface area contributed by atoms with Crippen LogP contribution in [0, 0.1) is 0 Å². The summed E-state index contributed by atoms with van der Waals surface area (Å²) in [5, 5.41) is 6.15. The lowest BCUT2D eigenvalue weighted by Gasteiger charge is -2.22. The topological polar surface area (TPSA) is 67.7 Å². The SMILES string of the molecule is O=C(CC1CNCCO1)NCCc1cn2ccccc2n1. The van der Waals surface area contributed by atoms with Gasteiger partial charge in [0, 0.05) is 38.4 Å². The summed E-state index contributed by atoms with van der Waals surface area (Å²) in [5.41, 5.74) is 1.91. The van der Waals surface area contributed by atoms with Gasteiger partial charge in [-0.3, -0.25) is 4.79 Å². The number of carbonyl (C=O) groups excluding carboxylic acids is 1. The van der Waals surface area contributed by atoms with E-state index < -0.39 is 0 Å². The quantitative estimate of drug-likeness (QED) is 0.834. The standard InChI is InChI=1S/C15H20N4O2/c20-15(9-13-10-16-6-8-21-13)17-5-4-12-11-19-7-2-1-3-14(19)18-12/h1-3,7,11,13,16H,4-6,8-10H2,(H,17,20). The maximum atomic E-state index is 11.8. The molecule has 21 heavy (non-hydrogen) atoms. The molecule has 2 N–H and O–H groups in total. The van der Waals surface area contributed by atoms with Crippen molar-refractivity contribution in [3.63, 3.8) is 0 Å². The number of hydrogen-bond acceptors (Lipinski definition) is 4. The first kappa shape index (κ1) is 14.0.